The van der Waals surface area contributed by atoms with Crippen molar-refractivity contribution in [2.45, 2.75) is 31.9 Å². The molecule has 0 bridgehead atoms. The number of methoxy groups -OCH3 is 1. The van der Waals surface area contributed by atoms with E-state index in [1.165, 1.54) is 11.8 Å². The molecule has 1 atom stereocenters. The number of anilines is 1. The van der Waals surface area contributed by atoms with Gasteiger partial charge in [-0.05, 0) is 44.0 Å². The molecule has 30 heavy (non-hydrogen) atoms. The third-order valence-electron chi connectivity index (χ3n) is 4.80. The van der Waals surface area contributed by atoms with Gasteiger partial charge in [-0.15, -0.1) is 0 Å². The summed E-state index contributed by atoms with van der Waals surface area (Å²) in [6, 6.07) is 15.4. The van der Waals surface area contributed by atoms with Crippen LogP contribution in [-0.2, 0) is 14.3 Å². The predicted molar refractivity (Wildman–Crippen MR) is 122 cm³/mol. The van der Waals surface area contributed by atoms with Gasteiger partial charge in [-0.25, -0.2) is 4.99 Å². The molecule has 0 spiro atoms. The van der Waals surface area contributed by atoms with Crippen molar-refractivity contribution in [3.05, 3.63) is 59.7 Å². The molecule has 2 amide bonds. The highest BCUT2D eigenvalue weighted by Gasteiger charge is 2.38. The molecule has 0 aliphatic carbocycles. The van der Waals surface area contributed by atoms with E-state index in [9.17, 15) is 9.59 Å². The molecule has 0 saturated carbocycles. The number of hydrogen-bond acceptors (Lipinski definition) is 5. The first-order valence-electron chi connectivity index (χ1n) is 9.95. The molecule has 1 heterocycles. The van der Waals surface area contributed by atoms with Gasteiger partial charge in [0, 0.05) is 32.4 Å². The minimum absolute atomic E-state index is 0.0816. The average molecular weight is 426 g/mol. The van der Waals surface area contributed by atoms with Crippen LogP contribution in [0, 0.1) is 13.8 Å². The predicted octanol–water partition coefficient (Wildman–Crippen LogP) is 4.30. The van der Waals surface area contributed by atoms with Crippen molar-refractivity contribution in [1.29, 1.82) is 0 Å². The van der Waals surface area contributed by atoms with Gasteiger partial charge >= 0.3 is 0 Å². The van der Waals surface area contributed by atoms with Gasteiger partial charge in [0.2, 0.25) is 11.8 Å². The van der Waals surface area contributed by atoms with Crippen LogP contribution in [0.25, 0.3) is 0 Å². The van der Waals surface area contributed by atoms with Crippen LogP contribution in [-0.4, -0.2) is 47.4 Å². The van der Waals surface area contributed by atoms with Gasteiger partial charge in [0.05, 0.1) is 5.69 Å². The largest absolute Gasteiger partial charge is 0.385 e. The Morgan fingerprint density at radius 1 is 1.17 bits per heavy atom. The van der Waals surface area contributed by atoms with E-state index >= 15 is 0 Å². The van der Waals surface area contributed by atoms with Gasteiger partial charge in [0.25, 0.3) is 0 Å². The molecule has 2 aromatic rings. The zero-order valence-corrected chi connectivity index (χ0v) is 18.4. The highest BCUT2D eigenvalue weighted by atomic mass is 32.2. The molecule has 0 unspecified atom stereocenters. The molecule has 0 radical (unpaired) electrons. The van der Waals surface area contributed by atoms with Crippen molar-refractivity contribution in [2.75, 3.05) is 25.6 Å². The van der Waals surface area contributed by atoms with E-state index in [-0.39, 0.29) is 18.2 Å². The second-order valence-corrected chi connectivity index (χ2v) is 8.41. The summed E-state index contributed by atoms with van der Waals surface area (Å²) in [6.45, 7) is 5.03. The van der Waals surface area contributed by atoms with Crippen LogP contribution in [0.2, 0.25) is 0 Å². The lowest BCUT2D eigenvalue weighted by atomic mass is 10.2. The number of ether oxygens (including phenoxy) is 1. The number of carbonyl (C=O) groups is 2. The van der Waals surface area contributed by atoms with E-state index in [2.05, 4.69) is 10.3 Å². The number of nitrogens with one attached hydrogen (secondary N) is 1. The van der Waals surface area contributed by atoms with E-state index < -0.39 is 5.25 Å². The molecule has 1 aliphatic heterocycles. The van der Waals surface area contributed by atoms with Crippen LogP contribution < -0.4 is 5.32 Å². The summed E-state index contributed by atoms with van der Waals surface area (Å²) in [5, 5.41) is 3.06. The topological polar surface area (TPSA) is 71.0 Å². The number of aryl methyl sites for hydroxylation is 2. The lowest BCUT2D eigenvalue weighted by Gasteiger charge is -2.16. The quantitative estimate of drug-likeness (QED) is 0.640. The fourth-order valence-corrected chi connectivity index (χ4v) is 4.29. The van der Waals surface area contributed by atoms with E-state index in [0.29, 0.717) is 24.7 Å². The van der Waals surface area contributed by atoms with Gasteiger partial charge in [-0.3, -0.25) is 14.5 Å². The van der Waals surface area contributed by atoms with Crippen LogP contribution in [0.3, 0.4) is 0 Å². The molecular weight excluding hydrogens is 398 g/mol. The number of aliphatic imine (C=N–C) groups is 1. The Hall–Kier alpha value is -2.64. The molecule has 6 nitrogen and oxygen atoms in total. The van der Waals surface area contributed by atoms with Gasteiger partial charge < -0.3 is 10.1 Å². The van der Waals surface area contributed by atoms with Crippen LogP contribution in [0.15, 0.2) is 53.5 Å². The molecule has 1 saturated heterocycles. The SMILES string of the molecule is COCCCN1C(=O)[C@@H](CC(=O)Nc2ccccc2C)SC1=Nc1ccc(C)cc1. The molecular formula is C23H27N3O3S. The molecule has 3 rings (SSSR count). The maximum Gasteiger partial charge on any atom is 0.242 e. The number of nitrogens with zero attached hydrogens (tertiary/aromatic N) is 2. The molecule has 2 aromatic carbocycles. The zero-order chi connectivity index (χ0) is 21.5. The number of amidine groups is 1. The number of hydrogen-bond donors (Lipinski definition) is 1. The summed E-state index contributed by atoms with van der Waals surface area (Å²) in [4.78, 5) is 31.9. The smallest absolute Gasteiger partial charge is 0.242 e. The van der Waals surface area contributed by atoms with Gasteiger partial charge in [0.15, 0.2) is 5.17 Å². The van der Waals surface area contributed by atoms with Crippen molar-refractivity contribution in [3.63, 3.8) is 0 Å². The van der Waals surface area contributed by atoms with Crippen LogP contribution in [0.1, 0.15) is 24.0 Å². The molecule has 7 heteroatoms. The van der Waals surface area contributed by atoms with E-state index in [0.717, 1.165) is 22.5 Å². The molecule has 158 valence electrons. The minimum atomic E-state index is -0.485. The fourth-order valence-electron chi connectivity index (χ4n) is 3.11. The number of thioether (sulfide) groups is 1. The Bertz CT molecular complexity index is 928. The van der Waals surface area contributed by atoms with Crippen molar-refractivity contribution < 1.29 is 14.3 Å². The Labute approximate surface area is 181 Å². The maximum absolute atomic E-state index is 13.0. The minimum Gasteiger partial charge on any atom is -0.385 e. The first-order valence-corrected chi connectivity index (χ1v) is 10.8. The normalized spacial score (nSPS) is 17.6. The van der Waals surface area contributed by atoms with Crippen molar-refractivity contribution in [3.8, 4) is 0 Å². The van der Waals surface area contributed by atoms with Crippen LogP contribution in [0.5, 0.6) is 0 Å². The summed E-state index contributed by atoms with van der Waals surface area (Å²) < 4.78 is 5.12. The van der Waals surface area contributed by atoms with E-state index in [4.69, 9.17) is 4.74 Å². The van der Waals surface area contributed by atoms with Crippen molar-refractivity contribution >= 4 is 40.1 Å². The average Bonchev–Trinajstić information content (AvgIpc) is 3.00. The first-order chi connectivity index (χ1) is 14.5. The van der Waals surface area contributed by atoms with Gasteiger partial charge in [-0.2, -0.15) is 0 Å². The number of para-hydroxylation sites is 1. The van der Waals surface area contributed by atoms with Crippen LogP contribution >= 0.6 is 11.8 Å². The monoisotopic (exact) mass is 425 g/mol. The highest BCUT2D eigenvalue weighted by Crippen LogP contribution is 2.32. The zero-order valence-electron chi connectivity index (χ0n) is 17.6. The lowest BCUT2D eigenvalue weighted by molar-refractivity contribution is -0.128. The summed E-state index contributed by atoms with van der Waals surface area (Å²) in [7, 11) is 1.64. The standard InChI is InChI=1S/C23H27N3O3S/c1-16-9-11-18(12-10-16)24-23-26(13-6-14-29-3)22(28)20(30-23)15-21(27)25-19-8-5-4-7-17(19)2/h4-5,7-12,20H,6,13-15H2,1-3H3,(H,25,27)/t20-/m1/s1. The summed E-state index contributed by atoms with van der Waals surface area (Å²) in [5.74, 6) is -0.259. The van der Waals surface area contributed by atoms with E-state index in [1.807, 2.05) is 62.4 Å². The van der Waals surface area contributed by atoms with E-state index in [1.54, 1.807) is 12.0 Å². The second kappa shape index (κ2) is 10.4. The number of benzene rings is 2. The lowest BCUT2D eigenvalue weighted by Crippen LogP contribution is -2.34. The third kappa shape index (κ3) is 5.70. The molecule has 1 aliphatic rings. The maximum atomic E-state index is 13.0. The molecule has 1 N–H and O–H groups in total. The number of amides is 2. The van der Waals surface area contributed by atoms with Crippen LogP contribution in [0.4, 0.5) is 11.4 Å². The fraction of sp³-hybridized carbons (Fsp3) is 0.348. The van der Waals surface area contributed by atoms with Gasteiger partial charge in [0.1, 0.15) is 5.25 Å². The number of carbonyl (C=O) groups excluding carboxylic acids is 2. The molecule has 0 aromatic heterocycles. The first kappa shape index (κ1) is 22.1. The van der Waals surface area contributed by atoms with Crippen molar-refractivity contribution in [2.24, 2.45) is 4.99 Å². The Morgan fingerprint density at radius 2 is 1.90 bits per heavy atom. The Kier molecular flexibility index (Phi) is 7.65. The summed E-state index contributed by atoms with van der Waals surface area (Å²) in [5.41, 5.74) is 3.69. The third-order valence-corrected chi connectivity index (χ3v) is 5.97. The Balaban J connectivity index is 1.73. The second-order valence-electron chi connectivity index (χ2n) is 7.24. The van der Waals surface area contributed by atoms with Crippen molar-refractivity contribution in [1.82, 2.24) is 4.90 Å². The van der Waals surface area contributed by atoms with Gasteiger partial charge in [-0.1, -0.05) is 47.7 Å². The molecule has 1 fully saturated rings. The highest BCUT2D eigenvalue weighted by molar-refractivity contribution is 8.15. The summed E-state index contributed by atoms with van der Waals surface area (Å²) >= 11 is 1.35. The number of rotatable bonds is 8. The summed E-state index contributed by atoms with van der Waals surface area (Å²) in [6.07, 6.45) is 0.809. The Morgan fingerprint density at radius 3 is 2.60 bits per heavy atom.